The zero-order valence-corrected chi connectivity index (χ0v) is 15.1. The van der Waals surface area contributed by atoms with Crippen molar-refractivity contribution in [2.24, 2.45) is 0 Å². The molecule has 0 radical (unpaired) electrons. The maximum atomic E-state index is 12.6. The smallest absolute Gasteiger partial charge is 0.344 e. The summed E-state index contributed by atoms with van der Waals surface area (Å²) in [4.78, 5) is 11.7. The maximum absolute atomic E-state index is 12.6. The summed E-state index contributed by atoms with van der Waals surface area (Å²) in [5.41, 5.74) is 0.537. The first-order valence-corrected chi connectivity index (χ1v) is 9.13. The van der Waals surface area contributed by atoms with Crippen molar-refractivity contribution < 1.29 is 18.0 Å². The molecule has 0 aliphatic carbocycles. The lowest BCUT2D eigenvalue weighted by Crippen LogP contribution is -2.25. The van der Waals surface area contributed by atoms with Crippen LogP contribution in [-0.4, -0.2) is 18.2 Å². The Morgan fingerprint density at radius 3 is 2.65 bits per heavy atom. The van der Waals surface area contributed by atoms with E-state index < -0.39 is 11.7 Å². The third kappa shape index (κ3) is 7.03. The monoisotopic (exact) mass is 397 g/mol. The molecule has 0 saturated carbocycles. The average molecular weight is 398 g/mol. The summed E-state index contributed by atoms with van der Waals surface area (Å²) in [5, 5.41) is 3.26. The molecule has 1 N–H and O–H groups in total. The van der Waals surface area contributed by atoms with Crippen LogP contribution in [0.2, 0.25) is 5.02 Å². The lowest BCUT2D eigenvalue weighted by atomic mass is 10.1. The van der Waals surface area contributed by atoms with Crippen LogP contribution < -0.4 is 5.32 Å². The fourth-order valence-corrected chi connectivity index (χ4v) is 3.02. The number of nitrogens with one attached hydrogen (secondary N) is 1. The van der Waals surface area contributed by atoms with Crippen LogP contribution in [0.1, 0.15) is 16.7 Å². The molecule has 26 heavy (non-hydrogen) atoms. The highest BCUT2D eigenvalue weighted by Crippen LogP contribution is 2.29. The molecule has 0 atom stereocenters. The molecule has 0 aliphatic rings. The van der Waals surface area contributed by atoms with Gasteiger partial charge < -0.3 is 5.32 Å². The van der Waals surface area contributed by atoms with Crippen molar-refractivity contribution in [1.82, 2.24) is 5.32 Å². The first-order chi connectivity index (χ1) is 12.3. The molecule has 136 valence electrons. The Kier molecular flexibility index (Phi) is 7.43. The Hall–Kier alpha value is -2.10. The highest BCUT2D eigenvalue weighted by Gasteiger charge is 2.30. The molecule has 2 rings (SSSR count). The van der Waals surface area contributed by atoms with Crippen molar-refractivity contribution in [3.63, 3.8) is 0 Å². The molecule has 0 saturated heterocycles. The molecule has 2 aromatic carbocycles. The first-order valence-electron chi connectivity index (χ1n) is 7.59. The van der Waals surface area contributed by atoms with Gasteiger partial charge in [-0.15, -0.1) is 11.8 Å². The fraction of sp³-hybridized carbons (Fsp3) is 0.211. The highest BCUT2D eigenvalue weighted by atomic mass is 35.5. The van der Waals surface area contributed by atoms with E-state index in [-0.39, 0.29) is 23.8 Å². The molecular weight excluding hydrogens is 383 g/mol. The molecule has 1 amide bonds. The predicted molar refractivity (Wildman–Crippen MR) is 98.9 cm³/mol. The molecular formula is C19H15ClF3NOS. The van der Waals surface area contributed by atoms with E-state index in [0.29, 0.717) is 10.8 Å². The van der Waals surface area contributed by atoms with Gasteiger partial charge in [-0.1, -0.05) is 41.6 Å². The van der Waals surface area contributed by atoms with Gasteiger partial charge in [0.15, 0.2) is 0 Å². The number of carbonyl (C=O) groups excluding carboxylic acids is 1. The zero-order chi connectivity index (χ0) is 19.0. The van der Waals surface area contributed by atoms with E-state index in [2.05, 4.69) is 17.2 Å². The average Bonchev–Trinajstić information content (AvgIpc) is 2.58. The molecule has 0 spiro atoms. The molecule has 2 aromatic rings. The summed E-state index contributed by atoms with van der Waals surface area (Å²) >= 11 is 7.33. The first kappa shape index (κ1) is 20.2. The SMILES string of the molecule is O=C(CSCc1cccc(Cl)c1)NCC#Cc1cccc(C(F)(F)F)c1. The van der Waals surface area contributed by atoms with Gasteiger partial charge in [0, 0.05) is 16.3 Å². The zero-order valence-electron chi connectivity index (χ0n) is 13.6. The Bertz CT molecular complexity index is 827. The second-order valence-corrected chi connectivity index (χ2v) is 6.70. The maximum Gasteiger partial charge on any atom is 0.416 e. The number of alkyl halides is 3. The van der Waals surface area contributed by atoms with Crippen molar-refractivity contribution >= 4 is 29.3 Å². The molecule has 7 heteroatoms. The molecule has 0 heterocycles. The quantitative estimate of drug-likeness (QED) is 0.737. The normalized spacial score (nSPS) is 10.8. The van der Waals surface area contributed by atoms with Crippen LogP contribution in [0.15, 0.2) is 48.5 Å². The van der Waals surface area contributed by atoms with Crippen LogP contribution in [0.4, 0.5) is 13.2 Å². The van der Waals surface area contributed by atoms with Gasteiger partial charge in [0.05, 0.1) is 17.9 Å². The Labute approximate surface area is 159 Å². The van der Waals surface area contributed by atoms with Crippen molar-refractivity contribution in [2.75, 3.05) is 12.3 Å². The van der Waals surface area contributed by atoms with Gasteiger partial charge in [-0.25, -0.2) is 0 Å². The van der Waals surface area contributed by atoms with Crippen LogP contribution in [0.5, 0.6) is 0 Å². The van der Waals surface area contributed by atoms with Crippen LogP contribution in [0, 0.1) is 11.8 Å². The van der Waals surface area contributed by atoms with Gasteiger partial charge in [0.2, 0.25) is 5.91 Å². The Morgan fingerprint density at radius 1 is 1.15 bits per heavy atom. The molecule has 2 nitrogen and oxygen atoms in total. The van der Waals surface area contributed by atoms with Crippen molar-refractivity contribution in [3.8, 4) is 11.8 Å². The van der Waals surface area contributed by atoms with Crippen molar-refractivity contribution in [2.45, 2.75) is 11.9 Å². The van der Waals surface area contributed by atoms with Crippen molar-refractivity contribution in [3.05, 3.63) is 70.2 Å². The number of carbonyl (C=O) groups is 1. The Morgan fingerprint density at radius 2 is 1.92 bits per heavy atom. The van der Waals surface area contributed by atoms with E-state index in [1.54, 1.807) is 6.07 Å². The fourth-order valence-electron chi connectivity index (χ4n) is 2.00. The van der Waals surface area contributed by atoms with Crippen LogP contribution in [0.25, 0.3) is 0 Å². The van der Waals surface area contributed by atoms with Crippen LogP contribution >= 0.6 is 23.4 Å². The van der Waals surface area contributed by atoms with Gasteiger partial charge >= 0.3 is 6.18 Å². The van der Waals surface area contributed by atoms with E-state index in [9.17, 15) is 18.0 Å². The van der Waals surface area contributed by atoms with Crippen LogP contribution in [0.3, 0.4) is 0 Å². The highest BCUT2D eigenvalue weighted by molar-refractivity contribution is 7.99. The standard InChI is InChI=1S/C19H15ClF3NOS/c20-17-8-2-5-15(11-17)12-26-13-18(25)24-9-3-6-14-4-1-7-16(10-14)19(21,22)23/h1-2,4-5,7-8,10-11H,9,12-13H2,(H,24,25). The van der Waals surface area contributed by atoms with E-state index in [1.165, 1.54) is 23.9 Å². The second-order valence-electron chi connectivity index (χ2n) is 5.28. The largest absolute Gasteiger partial charge is 0.416 e. The minimum atomic E-state index is -4.40. The molecule has 0 unspecified atom stereocenters. The summed E-state index contributed by atoms with van der Waals surface area (Å²) < 4.78 is 37.8. The van der Waals surface area contributed by atoms with E-state index in [0.717, 1.165) is 17.7 Å². The van der Waals surface area contributed by atoms with E-state index >= 15 is 0 Å². The van der Waals surface area contributed by atoms with E-state index in [4.69, 9.17) is 11.6 Å². The minimum absolute atomic E-state index is 0.0762. The molecule has 0 aliphatic heterocycles. The number of amides is 1. The number of hydrogen-bond acceptors (Lipinski definition) is 2. The number of halogens is 4. The summed E-state index contributed by atoms with van der Waals surface area (Å²) in [6.07, 6.45) is -4.40. The van der Waals surface area contributed by atoms with Crippen molar-refractivity contribution in [1.29, 1.82) is 0 Å². The van der Waals surface area contributed by atoms with Gasteiger partial charge in [-0.05, 0) is 35.9 Å². The van der Waals surface area contributed by atoms with Gasteiger partial charge in [0.1, 0.15) is 0 Å². The minimum Gasteiger partial charge on any atom is -0.344 e. The Balaban J connectivity index is 1.74. The number of benzene rings is 2. The topological polar surface area (TPSA) is 29.1 Å². The van der Waals surface area contributed by atoms with E-state index in [1.807, 2.05) is 18.2 Å². The molecule has 0 aromatic heterocycles. The molecule has 0 fully saturated rings. The molecule has 0 bridgehead atoms. The number of rotatable bonds is 5. The second kappa shape index (κ2) is 9.56. The van der Waals surface area contributed by atoms with Crippen LogP contribution in [-0.2, 0) is 16.7 Å². The number of hydrogen-bond donors (Lipinski definition) is 1. The third-order valence-corrected chi connectivity index (χ3v) is 4.43. The van der Waals surface area contributed by atoms with Gasteiger partial charge in [-0.2, -0.15) is 13.2 Å². The third-order valence-electron chi connectivity index (χ3n) is 3.19. The van der Waals surface area contributed by atoms with Gasteiger partial charge in [-0.3, -0.25) is 4.79 Å². The summed E-state index contributed by atoms with van der Waals surface area (Å²) in [6.45, 7) is 0.0762. The summed E-state index contributed by atoms with van der Waals surface area (Å²) in [6, 6.07) is 12.2. The summed E-state index contributed by atoms with van der Waals surface area (Å²) in [7, 11) is 0. The predicted octanol–water partition coefficient (Wildman–Crippen LogP) is 4.76. The van der Waals surface area contributed by atoms with Gasteiger partial charge in [0.25, 0.3) is 0 Å². The summed E-state index contributed by atoms with van der Waals surface area (Å²) in [5.74, 6) is 6.00. The lowest BCUT2D eigenvalue weighted by molar-refractivity contribution is -0.137. The number of thioether (sulfide) groups is 1. The lowest BCUT2D eigenvalue weighted by Gasteiger charge is -2.05.